The number of esters is 1. The molecule has 0 aliphatic heterocycles. The van der Waals surface area contributed by atoms with E-state index < -0.39 is 5.97 Å². The molecule has 0 unspecified atom stereocenters. The summed E-state index contributed by atoms with van der Waals surface area (Å²) in [5.41, 5.74) is 2.27. The van der Waals surface area contributed by atoms with E-state index in [2.05, 4.69) is 15.5 Å². The third-order valence-corrected chi connectivity index (χ3v) is 6.06. The molecule has 4 aromatic heterocycles. The van der Waals surface area contributed by atoms with Gasteiger partial charge in [-0.2, -0.15) is 0 Å². The molecule has 142 valence electrons. The number of nitrogens with zero attached hydrogens (tertiary/aromatic N) is 2. The molecular weight excluding hydrogens is 398 g/mol. The number of fused-ring (bicyclic) bond motifs is 1. The van der Waals surface area contributed by atoms with Crippen LogP contribution in [0.25, 0.3) is 21.7 Å². The maximum absolute atomic E-state index is 13.1. The zero-order chi connectivity index (χ0) is 19.8. The number of ether oxygens (including phenoxy) is 1. The van der Waals surface area contributed by atoms with Crippen molar-refractivity contribution >= 4 is 51.3 Å². The second kappa shape index (κ2) is 7.17. The van der Waals surface area contributed by atoms with Crippen LogP contribution in [0.15, 0.2) is 34.2 Å². The number of carbonyl (C=O) groups excluding carboxylic acids is 2. The van der Waals surface area contributed by atoms with Gasteiger partial charge < -0.3 is 14.6 Å². The van der Waals surface area contributed by atoms with Gasteiger partial charge in [0.1, 0.15) is 4.88 Å². The maximum atomic E-state index is 13.1. The molecule has 4 rings (SSSR count). The molecule has 0 aliphatic carbocycles. The number of carbonyl (C=O) groups is 2. The monoisotopic (exact) mass is 413 g/mol. The minimum Gasteiger partial charge on any atom is -0.465 e. The number of methoxy groups -OCH3 is 1. The Morgan fingerprint density at radius 1 is 1.21 bits per heavy atom. The summed E-state index contributed by atoms with van der Waals surface area (Å²) in [5.74, 6) is -0.877. The summed E-state index contributed by atoms with van der Waals surface area (Å²) in [6.07, 6.45) is 0. The standard InChI is InChI=1S/C19H15N3O4S2/c1-9-4-5-14(28-9)13-8-11(15-10(2)22-26-18(15)21-13)17(23)20-12-6-7-27-16(12)19(24)25-3/h4-8H,1-3H3,(H,20,23). The van der Waals surface area contributed by atoms with Gasteiger partial charge >= 0.3 is 5.97 Å². The average molecular weight is 413 g/mol. The van der Waals surface area contributed by atoms with Crippen molar-refractivity contribution < 1.29 is 18.8 Å². The van der Waals surface area contributed by atoms with E-state index in [-0.39, 0.29) is 5.91 Å². The Hall–Kier alpha value is -3.04. The Balaban J connectivity index is 1.79. The highest BCUT2D eigenvalue weighted by Crippen LogP contribution is 2.32. The second-order valence-electron chi connectivity index (χ2n) is 6.02. The summed E-state index contributed by atoms with van der Waals surface area (Å²) in [7, 11) is 1.30. The number of nitrogens with one attached hydrogen (secondary N) is 1. The fourth-order valence-corrected chi connectivity index (χ4v) is 4.41. The fraction of sp³-hybridized carbons (Fsp3) is 0.158. The van der Waals surface area contributed by atoms with Crippen molar-refractivity contribution in [3.8, 4) is 10.6 Å². The van der Waals surface area contributed by atoms with Crippen LogP contribution in [0.5, 0.6) is 0 Å². The van der Waals surface area contributed by atoms with Gasteiger partial charge in [-0.1, -0.05) is 5.16 Å². The second-order valence-corrected chi connectivity index (χ2v) is 8.23. The van der Waals surface area contributed by atoms with Crippen molar-refractivity contribution in [2.75, 3.05) is 12.4 Å². The molecule has 0 spiro atoms. The van der Waals surface area contributed by atoms with E-state index in [1.807, 2.05) is 19.1 Å². The first kappa shape index (κ1) is 18.3. The van der Waals surface area contributed by atoms with Crippen molar-refractivity contribution in [2.24, 2.45) is 0 Å². The average Bonchev–Trinajstić information content (AvgIpc) is 3.41. The fourth-order valence-electron chi connectivity index (χ4n) is 2.82. The smallest absolute Gasteiger partial charge is 0.350 e. The normalized spacial score (nSPS) is 11.0. The lowest BCUT2D eigenvalue weighted by atomic mass is 10.1. The van der Waals surface area contributed by atoms with Gasteiger partial charge in [0.25, 0.3) is 11.6 Å². The first-order chi connectivity index (χ1) is 13.5. The van der Waals surface area contributed by atoms with Crippen LogP contribution in [0.3, 0.4) is 0 Å². The lowest BCUT2D eigenvalue weighted by molar-refractivity contribution is 0.0607. The molecule has 0 aliphatic rings. The summed E-state index contributed by atoms with van der Waals surface area (Å²) in [5, 5.41) is 9.00. The van der Waals surface area contributed by atoms with Gasteiger partial charge in [-0.3, -0.25) is 4.79 Å². The van der Waals surface area contributed by atoms with Crippen molar-refractivity contribution in [3.63, 3.8) is 0 Å². The van der Waals surface area contributed by atoms with E-state index >= 15 is 0 Å². The number of anilines is 1. The number of aromatic nitrogens is 2. The third-order valence-electron chi connectivity index (χ3n) is 4.14. The molecule has 28 heavy (non-hydrogen) atoms. The lowest BCUT2D eigenvalue weighted by Crippen LogP contribution is -2.15. The van der Waals surface area contributed by atoms with Gasteiger partial charge in [0.2, 0.25) is 0 Å². The highest BCUT2D eigenvalue weighted by molar-refractivity contribution is 7.15. The van der Waals surface area contributed by atoms with Crippen LogP contribution in [-0.4, -0.2) is 29.1 Å². The van der Waals surface area contributed by atoms with E-state index in [9.17, 15) is 9.59 Å². The molecule has 0 saturated carbocycles. The van der Waals surface area contributed by atoms with Gasteiger partial charge in [-0.25, -0.2) is 9.78 Å². The molecule has 0 radical (unpaired) electrons. The topological polar surface area (TPSA) is 94.3 Å². The van der Waals surface area contributed by atoms with E-state index in [1.54, 1.807) is 35.8 Å². The van der Waals surface area contributed by atoms with Crippen LogP contribution < -0.4 is 5.32 Å². The summed E-state index contributed by atoms with van der Waals surface area (Å²) in [6.45, 7) is 3.76. The molecular formula is C19H15N3O4S2. The molecule has 0 bridgehead atoms. The quantitative estimate of drug-likeness (QED) is 0.489. The van der Waals surface area contributed by atoms with E-state index in [0.717, 1.165) is 9.75 Å². The van der Waals surface area contributed by atoms with Gasteiger partial charge in [-0.15, -0.1) is 22.7 Å². The Morgan fingerprint density at radius 3 is 2.75 bits per heavy atom. The number of hydrogen-bond donors (Lipinski definition) is 1. The molecule has 0 aromatic carbocycles. The van der Waals surface area contributed by atoms with Gasteiger partial charge in [-0.05, 0) is 43.5 Å². The first-order valence-corrected chi connectivity index (χ1v) is 9.98. The molecule has 4 heterocycles. The predicted molar refractivity (Wildman–Crippen MR) is 108 cm³/mol. The highest BCUT2D eigenvalue weighted by atomic mass is 32.1. The highest BCUT2D eigenvalue weighted by Gasteiger charge is 2.22. The Morgan fingerprint density at radius 2 is 2.04 bits per heavy atom. The van der Waals surface area contributed by atoms with E-state index in [1.165, 1.54) is 18.4 Å². The zero-order valence-corrected chi connectivity index (χ0v) is 16.9. The molecule has 9 heteroatoms. The Kier molecular flexibility index (Phi) is 4.70. The molecule has 1 amide bonds. The summed E-state index contributed by atoms with van der Waals surface area (Å²) in [4.78, 5) is 31.9. The van der Waals surface area contributed by atoms with Crippen LogP contribution >= 0.6 is 22.7 Å². The van der Waals surface area contributed by atoms with Crippen molar-refractivity contribution in [3.05, 3.63) is 50.7 Å². The number of aryl methyl sites for hydroxylation is 2. The number of amides is 1. The van der Waals surface area contributed by atoms with Gasteiger partial charge in [0.05, 0.1) is 40.0 Å². The number of rotatable bonds is 4. The Bertz CT molecular complexity index is 1210. The molecule has 0 fully saturated rings. The lowest BCUT2D eigenvalue weighted by Gasteiger charge is -2.08. The van der Waals surface area contributed by atoms with Crippen molar-refractivity contribution in [1.82, 2.24) is 10.1 Å². The van der Waals surface area contributed by atoms with Crippen LogP contribution in [0.1, 0.15) is 30.6 Å². The minimum atomic E-state index is -0.499. The molecule has 7 nitrogen and oxygen atoms in total. The molecule has 1 N–H and O–H groups in total. The third kappa shape index (κ3) is 3.19. The minimum absolute atomic E-state index is 0.296. The maximum Gasteiger partial charge on any atom is 0.350 e. The summed E-state index contributed by atoms with van der Waals surface area (Å²) < 4.78 is 10.1. The first-order valence-electron chi connectivity index (χ1n) is 8.29. The largest absolute Gasteiger partial charge is 0.465 e. The summed E-state index contributed by atoms with van der Waals surface area (Å²) >= 11 is 2.78. The Labute approximate surface area is 168 Å². The van der Waals surface area contributed by atoms with Gasteiger partial charge in [0.15, 0.2) is 0 Å². The van der Waals surface area contributed by atoms with Crippen molar-refractivity contribution in [2.45, 2.75) is 13.8 Å². The number of thiophene rings is 2. The molecule has 4 aromatic rings. The van der Waals surface area contributed by atoms with Crippen LogP contribution in [-0.2, 0) is 4.74 Å². The zero-order valence-electron chi connectivity index (χ0n) is 15.2. The predicted octanol–water partition coefficient (Wildman–Crippen LogP) is 4.67. The molecule has 0 saturated heterocycles. The van der Waals surface area contributed by atoms with Crippen molar-refractivity contribution in [1.29, 1.82) is 0 Å². The number of pyridine rings is 1. The van der Waals surface area contributed by atoms with Crippen LogP contribution in [0.2, 0.25) is 0 Å². The van der Waals surface area contributed by atoms with E-state index in [4.69, 9.17) is 9.26 Å². The SMILES string of the molecule is COC(=O)c1sccc1NC(=O)c1cc(-c2ccc(C)s2)nc2onc(C)c12. The van der Waals surface area contributed by atoms with Gasteiger partial charge in [0, 0.05) is 4.88 Å². The van der Waals surface area contributed by atoms with Crippen LogP contribution in [0.4, 0.5) is 5.69 Å². The summed E-state index contributed by atoms with van der Waals surface area (Å²) in [6, 6.07) is 7.33. The van der Waals surface area contributed by atoms with Crippen LogP contribution in [0, 0.1) is 13.8 Å². The molecule has 0 atom stereocenters. The number of hydrogen-bond acceptors (Lipinski definition) is 8. The van der Waals surface area contributed by atoms with E-state index in [0.29, 0.717) is 38.6 Å².